The monoisotopic (exact) mass is 282 g/mol. The van der Waals surface area contributed by atoms with Crippen LogP contribution >= 0.6 is 0 Å². The van der Waals surface area contributed by atoms with Crippen molar-refractivity contribution in [3.05, 3.63) is 11.7 Å². The molecule has 7 heteroatoms. The van der Waals surface area contributed by atoms with Gasteiger partial charge in [-0.3, -0.25) is 0 Å². The maximum Gasteiger partial charge on any atom is 0.317 e. The van der Waals surface area contributed by atoms with E-state index in [1.807, 2.05) is 13.8 Å². The Morgan fingerprint density at radius 2 is 2.30 bits per heavy atom. The number of nitrogens with one attached hydrogen (secondary N) is 1. The molecule has 2 rings (SSSR count). The second-order valence-corrected chi connectivity index (χ2v) is 5.33. The number of amides is 2. The first-order chi connectivity index (χ1) is 9.61. The first-order valence-corrected chi connectivity index (χ1v) is 7.09. The molecular weight excluding hydrogens is 260 g/mol. The molecule has 0 saturated heterocycles. The molecule has 2 N–H and O–H groups in total. The number of hydrogen-bond acceptors (Lipinski definition) is 5. The Morgan fingerprint density at radius 1 is 1.55 bits per heavy atom. The van der Waals surface area contributed by atoms with E-state index in [0.717, 1.165) is 12.8 Å². The Balaban J connectivity index is 1.75. The molecule has 0 aliphatic heterocycles. The van der Waals surface area contributed by atoms with Gasteiger partial charge in [0.25, 0.3) is 0 Å². The lowest BCUT2D eigenvalue weighted by molar-refractivity contribution is 0.173. The Morgan fingerprint density at radius 3 is 2.85 bits per heavy atom. The zero-order valence-electron chi connectivity index (χ0n) is 12.0. The zero-order valence-corrected chi connectivity index (χ0v) is 12.0. The number of hydrogen-bond donors (Lipinski definition) is 2. The Bertz CT molecular complexity index is 443. The van der Waals surface area contributed by atoms with Gasteiger partial charge < -0.3 is 19.8 Å². The molecule has 2 amide bonds. The quantitative estimate of drug-likeness (QED) is 0.775. The van der Waals surface area contributed by atoms with Gasteiger partial charge in [-0.2, -0.15) is 4.98 Å². The molecule has 1 saturated carbocycles. The fourth-order valence-corrected chi connectivity index (χ4v) is 1.93. The number of nitrogens with zero attached hydrogens (tertiary/aromatic N) is 3. The van der Waals surface area contributed by atoms with Crippen molar-refractivity contribution in [3.63, 3.8) is 0 Å². The second-order valence-electron chi connectivity index (χ2n) is 5.33. The molecule has 1 aromatic heterocycles. The summed E-state index contributed by atoms with van der Waals surface area (Å²) in [6.45, 7) is 4.82. The van der Waals surface area contributed by atoms with Crippen molar-refractivity contribution in [2.24, 2.45) is 0 Å². The minimum absolute atomic E-state index is 0.00860. The molecular formula is C13H22N4O3. The smallest absolute Gasteiger partial charge is 0.317 e. The van der Waals surface area contributed by atoms with Gasteiger partial charge in [-0.15, -0.1) is 0 Å². The van der Waals surface area contributed by atoms with E-state index in [1.165, 1.54) is 0 Å². The summed E-state index contributed by atoms with van der Waals surface area (Å²) >= 11 is 0. The van der Waals surface area contributed by atoms with Gasteiger partial charge in [-0.25, -0.2) is 4.79 Å². The number of carbonyl (C=O) groups is 1. The van der Waals surface area contributed by atoms with Crippen LogP contribution in [0.3, 0.4) is 0 Å². The fraction of sp³-hybridized carbons (Fsp3) is 0.769. The van der Waals surface area contributed by atoms with Crippen molar-refractivity contribution in [2.45, 2.75) is 45.1 Å². The summed E-state index contributed by atoms with van der Waals surface area (Å²) in [5, 5.41) is 15.7. The van der Waals surface area contributed by atoms with E-state index in [1.54, 1.807) is 4.90 Å². The number of aliphatic hydroxyl groups excluding tert-OH is 1. The predicted octanol–water partition coefficient (Wildman–Crippen LogP) is 0.902. The van der Waals surface area contributed by atoms with Gasteiger partial charge in [0.15, 0.2) is 5.82 Å². The molecule has 0 spiro atoms. The van der Waals surface area contributed by atoms with Crippen molar-refractivity contribution in [3.8, 4) is 0 Å². The first kappa shape index (κ1) is 14.8. The van der Waals surface area contributed by atoms with Crippen LogP contribution in [0.5, 0.6) is 0 Å². The van der Waals surface area contributed by atoms with Crippen LogP contribution in [0.1, 0.15) is 44.3 Å². The molecule has 20 heavy (non-hydrogen) atoms. The predicted molar refractivity (Wildman–Crippen MR) is 72.3 cm³/mol. The van der Waals surface area contributed by atoms with Crippen molar-refractivity contribution >= 4 is 6.03 Å². The lowest BCUT2D eigenvalue weighted by Gasteiger charge is -2.21. The number of rotatable bonds is 7. The van der Waals surface area contributed by atoms with Gasteiger partial charge in [0, 0.05) is 31.5 Å². The standard InChI is InChI=1S/C13H22N4O3/c1-9(2)12-15-11(20-16-12)5-6-14-13(19)17(7-8-18)10-3-4-10/h9-10,18H,3-8H2,1-2H3,(H,14,19). The molecule has 1 aliphatic carbocycles. The summed E-state index contributed by atoms with van der Waals surface area (Å²) in [5.74, 6) is 1.46. The highest BCUT2D eigenvalue weighted by atomic mass is 16.5. The van der Waals surface area contributed by atoms with Crippen LogP contribution < -0.4 is 5.32 Å². The van der Waals surface area contributed by atoms with Crippen LogP contribution in [-0.2, 0) is 6.42 Å². The van der Waals surface area contributed by atoms with Crippen LogP contribution in [0.2, 0.25) is 0 Å². The summed E-state index contributed by atoms with van der Waals surface area (Å²) in [6, 6.07) is 0.156. The number of carbonyl (C=O) groups excluding carboxylic acids is 1. The fourth-order valence-electron chi connectivity index (χ4n) is 1.93. The maximum absolute atomic E-state index is 12.0. The van der Waals surface area contributed by atoms with E-state index in [2.05, 4.69) is 15.5 Å². The lowest BCUT2D eigenvalue weighted by Crippen LogP contribution is -2.43. The minimum Gasteiger partial charge on any atom is -0.395 e. The maximum atomic E-state index is 12.0. The van der Waals surface area contributed by atoms with Crippen molar-refractivity contribution in [2.75, 3.05) is 19.7 Å². The second kappa shape index (κ2) is 6.69. The summed E-state index contributed by atoms with van der Waals surface area (Å²) in [4.78, 5) is 17.9. The molecule has 1 aromatic rings. The summed E-state index contributed by atoms with van der Waals surface area (Å²) in [7, 11) is 0. The summed E-state index contributed by atoms with van der Waals surface area (Å²) < 4.78 is 5.11. The van der Waals surface area contributed by atoms with Crippen molar-refractivity contribution in [1.29, 1.82) is 0 Å². The van der Waals surface area contributed by atoms with Crippen LogP contribution in [0.25, 0.3) is 0 Å². The van der Waals surface area contributed by atoms with Crippen LogP contribution in [0, 0.1) is 0 Å². The van der Waals surface area contributed by atoms with E-state index in [0.29, 0.717) is 31.2 Å². The van der Waals surface area contributed by atoms with Gasteiger partial charge in [0.2, 0.25) is 5.89 Å². The highest BCUT2D eigenvalue weighted by Crippen LogP contribution is 2.26. The molecule has 1 heterocycles. The molecule has 0 bridgehead atoms. The molecule has 0 aromatic carbocycles. The van der Waals surface area contributed by atoms with Gasteiger partial charge in [0.1, 0.15) is 0 Å². The zero-order chi connectivity index (χ0) is 14.5. The SMILES string of the molecule is CC(C)c1noc(CCNC(=O)N(CCO)C2CC2)n1. The Kier molecular flexibility index (Phi) is 4.94. The Labute approximate surface area is 118 Å². The Hall–Kier alpha value is -1.63. The molecule has 0 unspecified atom stereocenters. The number of aromatic nitrogens is 2. The normalized spacial score (nSPS) is 14.6. The van der Waals surface area contributed by atoms with E-state index >= 15 is 0 Å². The third kappa shape index (κ3) is 3.93. The van der Waals surface area contributed by atoms with E-state index in [9.17, 15) is 4.79 Å². The van der Waals surface area contributed by atoms with Crippen molar-refractivity contribution < 1.29 is 14.4 Å². The molecule has 0 radical (unpaired) electrons. The lowest BCUT2D eigenvalue weighted by atomic mass is 10.2. The topological polar surface area (TPSA) is 91.5 Å². The van der Waals surface area contributed by atoms with Gasteiger partial charge >= 0.3 is 6.03 Å². The first-order valence-electron chi connectivity index (χ1n) is 7.09. The molecule has 1 fully saturated rings. The number of aliphatic hydroxyl groups is 1. The average molecular weight is 282 g/mol. The average Bonchev–Trinajstić information content (AvgIpc) is 3.13. The van der Waals surface area contributed by atoms with Crippen LogP contribution in [0.15, 0.2) is 4.52 Å². The minimum atomic E-state index is -0.134. The summed E-state index contributed by atoms with van der Waals surface area (Å²) in [5.41, 5.74) is 0. The van der Waals surface area contributed by atoms with Gasteiger partial charge in [-0.1, -0.05) is 19.0 Å². The van der Waals surface area contributed by atoms with Crippen LogP contribution in [0.4, 0.5) is 4.79 Å². The molecule has 7 nitrogen and oxygen atoms in total. The molecule has 1 aliphatic rings. The third-order valence-corrected chi connectivity index (χ3v) is 3.20. The third-order valence-electron chi connectivity index (χ3n) is 3.20. The van der Waals surface area contributed by atoms with E-state index < -0.39 is 0 Å². The number of urea groups is 1. The van der Waals surface area contributed by atoms with Gasteiger partial charge in [0.05, 0.1) is 6.61 Å². The van der Waals surface area contributed by atoms with Crippen LogP contribution in [-0.4, -0.2) is 51.9 Å². The summed E-state index contributed by atoms with van der Waals surface area (Å²) in [6.07, 6.45) is 2.56. The van der Waals surface area contributed by atoms with Gasteiger partial charge in [-0.05, 0) is 12.8 Å². The van der Waals surface area contributed by atoms with E-state index in [-0.39, 0.29) is 24.6 Å². The highest BCUT2D eigenvalue weighted by molar-refractivity contribution is 5.74. The van der Waals surface area contributed by atoms with E-state index in [4.69, 9.17) is 9.63 Å². The van der Waals surface area contributed by atoms with Crippen molar-refractivity contribution in [1.82, 2.24) is 20.4 Å². The highest BCUT2D eigenvalue weighted by Gasteiger charge is 2.31. The molecule has 0 atom stereocenters. The largest absolute Gasteiger partial charge is 0.395 e. The molecule has 112 valence electrons.